The first-order valence-electron chi connectivity index (χ1n) is 6.71. The van der Waals surface area contributed by atoms with Crippen LogP contribution in [0.25, 0.3) is 0 Å². The molecule has 2 atom stereocenters. The first kappa shape index (κ1) is 15.9. The number of hydrogen-bond donors (Lipinski definition) is 2. The molecular formula is C14H20N2O4S. The molecule has 1 aromatic rings. The van der Waals surface area contributed by atoms with E-state index in [0.717, 1.165) is 0 Å². The third-order valence-electron chi connectivity index (χ3n) is 4.07. The van der Waals surface area contributed by atoms with Crippen molar-refractivity contribution in [3.8, 4) is 0 Å². The van der Waals surface area contributed by atoms with E-state index in [9.17, 15) is 13.2 Å². The summed E-state index contributed by atoms with van der Waals surface area (Å²) in [4.78, 5) is 12.4. The van der Waals surface area contributed by atoms with Crippen molar-refractivity contribution in [1.29, 1.82) is 0 Å². The van der Waals surface area contributed by atoms with E-state index in [2.05, 4.69) is 5.32 Å². The quantitative estimate of drug-likeness (QED) is 0.867. The van der Waals surface area contributed by atoms with Gasteiger partial charge in [0.2, 0.25) is 10.0 Å². The topological polar surface area (TPSA) is 98.5 Å². The molecule has 1 fully saturated rings. The Hall–Kier alpha value is -1.44. The van der Waals surface area contributed by atoms with Crippen molar-refractivity contribution in [2.24, 2.45) is 5.14 Å². The van der Waals surface area contributed by atoms with Crippen LogP contribution in [0.5, 0.6) is 0 Å². The Balaban J connectivity index is 2.31. The van der Waals surface area contributed by atoms with E-state index in [1.54, 1.807) is 13.0 Å². The zero-order chi connectivity index (χ0) is 15.8. The maximum atomic E-state index is 12.4. The number of aryl methyl sites for hydroxylation is 1. The number of primary sulfonamides is 1. The van der Waals surface area contributed by atoms with Crippen molar-refractivity contribution < 1.29 is 17.9 Å². The van der Waals surface area contributed by atoms with Crippen molar-refractivity contribution in [3.05, 3.63) is 29.3 Å². The number of sulfonamides is 1. The third kappa shape index (κ3) is 3.25. The maximum absolute atomic E-state index is 12.4. The lowest BCUT2D eigenvalue weighted by atomic mass is 9.94. The van der Waals surface area contributed by atoms with Gasteiger partial charge >= 0.3 is 0 Å². The average molecular weight is 312 g/mol. The molecular weight excluding hydrogens is 292 g/mol. The van der Waals surface area contributed by atoms with Crippen molar-refractivity contribution in [2.75, 3.05) is 6.61 Å². The zero-order valence-electron chi connectivity index (χ0n) is 12.3. The second kappa shape index (κ2) is 5.40. The van der Waals surface area contributed by atoms with Crippen molar-refractivity contribution in [1.82, 2.24) is 5.32 Å². The summed E-state index contributed by atoms with van der Waals surface area (Å²) < 4.78 is 28.3. The summed E-state index contributed by atoms with van der Waals surface area (Å²) in [7, 11) is -3.83. The molecule has 0 bridgehead atoms. The summed E-state index contributed by atoms with van der Waals surface area (Å²) in [5.74, 6) is -0.321. The molecule has 1 saturated heterocycles. The van der Waals surface area contributed by atoms with Crippen LogP contribution in [0.3, 0.4) is 0 Å². The Kier molecular flexibility index (Phi) is 4.10. The molecule has 21 heavy (non-hydrogen) atoms. The van der Waals surface area contributed by atoms with Crippen LogP contribution in [0.15, 0.2) is 23.1 Å². The highest BCUT2D eigenvalue weighted by atomic mass is 32.2. The lowest BCUT2D eigenvalue weighted by molar-refractivity contribution is 0.0727. The van der Waals surface area contributed by atoms with Gasteiger partial charge in [0.1, 0.15) is 0 Å². The number of ether oxygens (including phenoxy) is 1. The average Bonchev–Trinajstić information content (AvgIpc) is 2.68. The summed E-state index contributed by atoms with van der Waals surface area (Å²) >= 11 is 0. The van der Waals surface area contributed by atoms with Crippen LogP contribution in [0, 0.1) is 6.92 Å². The zero-order valence-corrected chi connectivity index (χ0v) is 13.2. The van der Waals surface area contributed by atoms with Crippen LogP contribution in [0.2, 0.25) is 0 Å². The van der Waals surface area contributed by atoms with E-state index >= 15 is 0 Å². The molecule has 0 saturated carbocycles. The van der Waals surface area contributed by atoms with Gasteiger partial charge in [0, 0.05) is 12.2 Å². The molecule has 6 nitrogen and oxygen atoms in total. The molecule has 1 amide bonds. The van der Waals surface area contributed by atoms with Gasteiger partial charge in [-0.05, 0) is 44.9 Å². The number of amides is 1. The van der Waals surface area contributed by atoms with Crippen LogP contribution in [-0.2, 0) is 14.8 Å². The van der Waals surface area contributed by atoms with Crippen LogP contribution < -0.4 is 10.5 Å². The lowest BCUT2D eigenvalue weighted by Crippen LogP contribution is -2.50. The van der Waals surface area contributed by atoms with Crippen LogP contribution in [-0.4, -0.2) is 32.6 Å². The van der Waals surface area contributed by atoms with Crippen LogP contribution in [0.4, 0.5) is 0 Å². The van der Waals surface area contributed by atoms with Gasteiger partial charge in [-0.15, -0.1) is 0 Å². The Morgan fingerprint density at radius 2 is 2.14 bits per heavy atom. The van der Waals surface area contributed by atoms with E-state index in [4.69, 9.17) is 9.88 Å². The number of carbonyl (C=O) groups excluding carboxylic acids is 1. The summed E-state index contributed by atoms with van der Waals surface area (Å²) in [5, 5.41) is 8.05. The highest BCUT2D eigenvalue weighted by Crippen LogP contribution is 2.26. The largest absolute Gasteiger partial charge is 0.376 e. The highest BCUT2D eigenvalue weighted by molar-refractivity contribution is 7.89. The molecule has 1 heterocycles. The molecule has 3 N–H and O–H groups in total. The number of nitrogens with two attached hydrogens (primary N) is 1. The molecule has 2 unspecified atom stereocenters. The maximum Gasteiger partial charge on any atom is 0.252 e. The van der Waals surface area contributed by atoms with Gasteiger partial charge in [-0.2, -0.15) is 0 Å². The fraction of sp³-hybridized carbons (Fsp3) is 0.500. The van der Waals surface area contributed by atoms with Gasteiger partial charge in [0.25, 0.3) is 5.91 Å². The lowest BCUT2D eigenvalue weighted by Gasteiger charge is -2.29. The molecule has 1 aliphatic heterocycles. The smallest absolute Gasteiger partial charge is 0.252 e. The van der Waals surface area contributed by atoms with Crippen molar-refractivity contribution in [2.45, 2.75) is 43.7 Å². The second-order valence-electron chi connectivity index (χ2n) is 5.66. The Labute approximate surface area is 124 Å². The second-order valence-corrected chi connectivity index (χ2v) is 7.22. The number of rotatable bonds is 3. The molecule has 1 aliphatic rings. The van der Waals surface area contributed by atoms with Gasteiger partial charge in [0.15, 0.2) is 0 Å². The number of carbonyl (C=O) groups is 1. The first-order chi connectivity index (χ1) is 9.63. The predicted octanol–water partition coefficient (Wildman–Crippen LogP) is 0.940. The van der Waals surface area contributed by atoms with Crippen molar-refractivity contribution >= 4 is 15.9 Å². The molecule has 1 aromatic carbocycles. The molecule has 2 rings (SSSR count). The molecule has 0 spiro atoms. The molecule has 0 aliphatic carbocycles. The van der Waals surface area contributed by atoms with Gasteiger partial charge in [0.05, 0.1) is 16.5 Å². The van der Waals surface area contributed by atoms with Gasteiger partial charge in [-0.1, -0.05) is 6.07 Å². The third-order valence-corrected chi connectivity index (χ3v) is 4.98. The minimum Gasteiger partial charge on any atom is -0.376 e. The monoisotopic (exact) mass is 312 g/mol. The van der Waals surface area contributed by atoms with Gasteiger partial charge < -0.3 is 10.1 Å². The predicted molar refractivity (Wildman–Crippen MR) is 78.5 cm³/mol. The summed E-state index contributed by atoms with van der Waals surface area (Å²) in [6, 6.07) is 4.28. The molecule has 7 heteroatoms. The van der Waals surface area contributed by atoms with E-state index in [1.807, 2.05) is 13.8 Å². The fourth-order valence-corrected chi connectivity index (χ4v) is 2.89. The summed E-state index contributed by atoms with van der Waals surface area (Å²) in [6.07, 6.45) is 0.622. The van der Waals surface area contributed by atoms with Gasteiger partial charge in [-0.3, -0.25) is 4.79 Å². The highest BCUT2D eigenvalue weighted by Gasteiger charge is 2.38. The normalized spacial score (nSPS) is 25.8. The number of hydrogen-bond acceptors (Lipinski definition) is 4. The molecule has 0 aromatic heterocycles. The van der Waals surface area contributed by atoms with Crippen molar-refractivity contribution in [3.63, 3.8) is 0 Å². The van der Waals surface area contributed by atoms with Gasteiger partial charge in [-0.25, -0.2) is 13.6 Å². The number of benzene rings is 1. The van der Waals surface area contributed by atoms with E-state index in [1.165, 1.54) is 12.1 Å². The Bertz CT molecular complexity index is 672. The van der Waals surface area contributed by atoms with E-state index in [0.29, 0.717) is 24.2 Å². The summed E-state index contributed by atoms with van der Waals surface area (Å²) in [5.41, 5.74) is 0.540. The Morgan fingerprint density at radius 3 is 2.67 bits per heavy atom. The minimum atomic E-state index is -3.83. The molecule has 116 valence electrons. The van der Waals surface area contributed by atoms with E-state index in [-0.39, 0.29) is 16.9 Å². The minimum absolute atomic E-state index is 0.0703. The van der Waals surface area contributed by atoms with E-state index < -0.39 is 15.6 Å². The summed E-state index contributed by atoms with van der Waals surface area (Å²) in [6.45, 7) is 6.16. The molecule has 0 radical (unpaired) electrons. The Morgan fingerprint density at radius 1 is 1.48 bits per heavy atom. The van der Waals surface area contributed by atoms with Crippen LogP contribution >= 0.6 is 0 Å². The van der Waals surface area contributed by atoms with Crippen LogP contribution in [0.1, 0.15) is 36.2 Å². The fourth-order valence-electron chi connectivity index (χ4n) is 2.35. The first-order valence-corrected chi connectivity index (χ1v) is 8.26. The SMILES string of the molecule is Cc1ccc(S(N)(=O)=O)cc1C(=O)NC1(C)CCOC1C. The standard InChI is InChI=1S/C14H20N2O4S/c1-9-4-5-11(21(15,18)19)8-12(9)13(17)16-14(3)6-7-20-10(14)2/h4-5,8,10H,6-7H2,1-3H3,(H,16,17)(H2,15,18,19). The number of nitrogens with one attached hydrogen (secondary N) is 1.